The highest BCUT2D eigenvalue weighted by Gasteiger charge is 2.42. The van der Waals surface area contributed by atoms with E-state index in [0.717, 1.165) is 5.56 Å². The molecule has 1 aliphatic carbocycles. The van der Waals surface area contributed by atoms with E-state index in [9.17, 15) is 8.78 Å². The zero-order chi connectivity index (χ0) is 14.3. The maximum absolute atomic E-state index is 13.3. The molecule has 3 heteroatoms. The second-order valence-electron chi connectivity index (χ2n) is 6.72. The quantitative estimate of drug-likeness (QED) is 0.663. The Labute approximate surface area is 120 Å². The van der Waals surface area contributed by atoms with E-state index >= 15 is 0 Å². The van der Waals surface area contributed by atoms with Gasteiger partial charge in [-0.15, -0.1) is 0 Å². The predicted octanol–water partition coefficient (Wildman–Crippen LogP) is 5.32. The van der Waals surface area contributed by atoms with Gasteiger partial charge in [-0.1, -0.05) is 45.0 Å². The number of rotatable bonds is 1. The van der Waals surface area contributed by atoms with E-state index in [1.54, 1.807) is 0 Å². The van der Waals surface area contributed by atoms with E-state index in [4.69, 9.17) is 12.6 Å². The fourth-order valence-electron chi connectivity index (χ4n) is 2.59. The average Bonchev–Trinajstić information content (AvgIpc) is 2.33. The van der Waals surface area contributed by atoms with Crippen molar-refractivity contribution in [2.75, 3.05) is 0 Å². The Morgan fingerprint density at radius 2 is 1.63 bits per heavy atom. The molecule has 19 heavy (non-hydrogen) atoms. The van der Waals surface area contributed by atoms with E-state index in [0.29, 0.717) is 12.8 Å². The maximum atomic E-state index is 13.3. The molecule has 106 valence electrons. The first-order chi connectivity index (χ1) is 8.62. The number of benzene rings is 1. The molecule has 0 amide bonds. The predicted molar refractivity (Wildman–Crippen MR) is 79.2 cm³/mol. The van der Waals surface area contributed by atoms with Crippen LogP contribution < -0.4 is 0 Å². The Hall–Kier alpha value is -0.570. The third-order valence-electron chi connectivity index (χ3n) is 4.07. The first-order valence-corrected chi connectivity index (χ1v) is 7.28. The molecule has 1 fully saturated rings. The van der Waals surface area contributed by atoms with Gasteiger partial charge in [-0.05, 0) is 29.4 Å². The van der Waals surface area contributed by atoms with Crippen LogP contribution in [0.15, 0.2) is 24.3 Å². The molecule has 0 unspecified atom stereocenters. The summed E-state index contributed by atoms with van der Waals surface area (Å²) in [5, 5.41) is 0. The number of halogens is 2. The Kier molecular flexibility index (Phi) is 3.72. The van der Waals surface area contributed by atoms with Crippen LogP contribution in [0.5, 0.6) is 0 Å². The zero-order valence-corrected chi connectivity index (χ0v) is 12.7. The van der Waals surface area contributed by atoms with Gasteiger partial charge < -0.3 is 0 Å². The number of thiol groups is 1. The minimum absolute atomic E-state index is 0.0593. The highest BCUT2D eigenvalue weighted by Crippen LogP contribution is 2.48. The minimum Gasteiger partial charge on any atom is -0.207 e. The first kappa shape index (κ1) is 14.8. The summed E-state index contributed by atoms with van der Waals surface area (Å²) in [6, 6.07) is 8.26. The van der Waals surface area contributed by atoms with Crippen LogP contribution in [0.2, 0.25) is 0 Å². The lowest BCUT2D eigenvalue weighted by molar-refractivity contribution is -0.0414. The summed E-state index contributed by atoms with van der Waals surface area (Å²) >= 11 is 4.73. The summed E-state index contributed by atoms with van der Waals surface area (Å²) in [5.74, 6) is -2.51. The largest absolute Gasteiger partial charge is 0.248 e. The van der Waals surface area contributed by atoms with Gasteiger partial charge in [-0.25, -0.2) is 8.78 Å². The molecule has 2 rings (SSSR count). The van der Waals surface area contributed by atoms with Crippen molar-refractivity contribution in [2.45, 2.75) is 62.5 Å². The number of hydrogen-bond acceptors (Lipinski definition) is 1. The molecule has 0 nitrogen and oxygen atoms in total. The molecular formula is C16H22F2S. The van der Waals surface area contributed by atoms with Crippen molar-refractivity contribution in [3.8, 4) is 0 Å². The highest BCUT2D eigenvalue weighted by molar-refractivity contribution is 7.81. The molecular weight excluding hydrogens is 262 g/mol. The molecule has 1 aliphatic rings. The lowest BCUT2D eigenvalue weighted by Gasteiger charge is -2.37. The summed E-state index contributed by atoms with van der Waals surface area (Å²) in [6.07, 6.45) is 0.764. The Bertz CT molecular complexity index is 450. The van der Waals surface area contributed by atoms with E-state index in [1.807, 2.05) is 12.1 Å². The summed E-state index contributed by atoms with van der Waals surface area (Å²) in [5.41, 5.74) is 2.38. The van der Waals surface area contributed by atoms with Gasteiger partial charge in [0, 0.05) is 17.6 Å². The van der Waals surface area contributed by atoms with Crippen LogP contribution in [0, 0.1) is 0 Å². The van der Waals surface area contributed by atoms with Crippen molar-refractivity contribution in [1.82, 2.24) is 0 Å². The maximum Gasteiger partial charge on any atom is 0.248 e. The van der Waals surface area contributed by atoms with Gasteiger partial charge in [0.05, 0.1) is 0 Å². The molecule has 1 aromatic carbocycles. The number of hydrogen-bond donors (Lipinski definition) is 1. The van der Waals surface area contributed by atoms with Crippen LogP contribution in [0.1, 0.15) is 57.6 Å². The third kappa shape index (κ3) is 3.31. The first-order valence-electron chi connectivity index (χ1n) is 6.84. The molecule has 0 spiro atoms. The van der Waals surface area contributed by atoms with Crippen molar-refractivity contribution < 1.29 is 8.78 Å². The van der Waals surface area contributed by atoms with Crippen LogP contribution in [-0.4, -0.2) is 5.92 Å². The van der Waals surface area contributed by atoms with E-state index in [2.05, 4.69) is 32.9 Å². The van der Waals surface area contributed by atoms with Crippen molar-refractivity contribution in [3.05, 3.63) is 35.4 Å². The summed E-state index contributed by atoms with van der Waals surface area (Å²) in [4.78, 5) is 0. The SMILES string of the molecule is CC(C)(C)c1cccc(C2(S)CCC(F)(F)CC2)c1. The molecule has 0 aromatic heterocycles. The molecule has 0 radical (unpaired) electrons. The van der Waals surface area contributed by atoms with E-state index in [1.165, 1.54) is 5.56 Å². The lowest BCUT2D eigenvalue weighted by Crippen LogP contribution is -2.32. The fourth-order valence-corrected chi connectivity index (χ4v) is 2.96. The second-order valence-corrected chi connectivity index (χ2v) is 7.57. The van der Waals surface area contributed by atoms with Gasteiger partial charge >= 0.3 is 0 Å². The van der Waals surface area contributed by atoms with Gasteiger partial charge in [0.15, 0.2) is 0 Å². The molecule has 1 aromatic rings. The standard InChI is InChI=1S/C16H22F2S/c1-14(2,3)12-5-4-6-13(11-12)15(19)7-9-16(17,18)10-8-15/h4-6,11,19H,7-10H2,1-3H3. The lowest BCUT2D eigenvalue weighted by atomic mass is 9.78. The fraction of sp³-hybridized carbons (Fsp3) is 0.625. The molecule has 0 N–H and O–H groups in total. The smallest absolute Gasteiger partial charge is 0.207 e. The van der Waals surface area contributed by atoms with Gasteiger partial charge in [0.25, 0.3) is 0 Å². The molecule has 0 heterocycles. The van der Waals surface area contributed by atoms with Crippen molar-refractivity contribution in [2.24, 2.45) is 0 Å². The van der Waals surface area contributed by atoms with Crippen LogP contribution in [0.25, 0.3) is 0 Å². The van der Waals surface area contributed by atoms with E-state index in [-0.39, 0.29) is 18.3 Å². The third-order valence-corrected chi connectivity index (χ3v) is 4.78. The zero-order valence-electron chi connectivity index (χ0n) is 11.8. The summed E-state index contributed by atoms with van der Waals surface area (Å²) in [6.45, 7) is 6.48. The Balaban J connectivity index is 2.27. The normalized spacial score (nSPS) is 22.2. The van der Waals surface area contributed by atoms with Gasteiger partial charge in [-0.3, -0.25) is 0 Å². The van der Waals surface area contributed by atoms with E-state index < -0.39 is 10.7 Å². The molecule has 1 saturated carbocycles. The Morgan fingerprint density at radius 1 is 1.05 bits per heavy atom. The second kappa shape index (κ2) is 4.76. The van der Waals surface area contributed by atoms with Crippen LogP contribution in [0.3, 0.4) is 0 Å². The topological polar surface area (TPSA) is 0 Å². The van der Waals surface area contributed by atoms with Crippen molar-refractivity contribution in [1.29, 1.82) is 0 Å². The molecule has 0 bridgehead atoms. The molecule has 0 aliphatic heterocycles. The van der Waals surface area contributed by atoms with Crippen molar-refractivity contribution >= 4 is 12.6 Å². The summed E-state index contributed by atoms with van der Waals surface area (Å²) in [7, 11) is 0. The van der Waals surface area contributed by atoms with Crippen molar-refractivity contribution in [3.63, 3.8) is 0 Å². The highest BCUT2D eigenvalue weighted by atomic mass is 32.1. The van der Waals surface area contributed by atoms with Gasteiger partial charge in [0.2, 0.25) is 5.92 Å². The average molecular weight is 284 g/mol. The monoisotopic (exact) mass is 284 g/mol. The summed E-state index contributed by atoms with van der Waals surface area (Å²) < 4.78 is 26.2. The molecule has 0 atom stereocenters. The Morgan fingerprint density at radius 3 is 2.16 bits per heavy atom. The minimum atomic E-state index is -2.51. The van der Waals surface area contributed by atoms with Crippen LogP contribution in [-0.2, 0) is 10.2 Å². The molecule has 0 saturated heterocycles. The van der Waals surface area contributed by atoms with Crippen LogP contribution >= 0.6 is 12.6 Å². The van der Waals surface area contributed by atoms with Crippen LogP contribution in [0.4, 0.5) is 8.78 Å². The number of alkyl halides is 2. The van der Waals surface area contributed by atoms with Gasteiger partial charge in [0.1, 0.15) is 0 Å². The van der Waals surface area contributed by atoms with Gasteiger partial charge in [-0.2, -0.15) is 12.6 Å².